The Hall–Kier alpha value is -3.81. The minimum absolute atomic E-state index is 0.00848. The van der Waals surface area contributed by atoms with Gasteiger partial charge >= 0.3 is 0 Å². The number of nitro groups is 1. The van der Waals surface area contributed by atoms with Gasteiger partial charge in [-0.3, -0.25) is 14.9 Å². The molecule has 3 aromatic rings. The Labute approximate surface area is 160 Å². The molecule has 1 heterocycles. The van der Waals surface area contributed by atoms with Gasteiger partial charge in [0.2, 0.25) is 0 Å². The fourth-order valence-electron chi connectivity index (χ4n) is 2.47. The highest BCUT2D eigenvalue weighted by molar-refractivity contribution is 6.03. The number of nitrogens with one attached hydrogen (secondary N) is 1. The van der Waals surface area contributed by atoms with Gasteiger partial charge in [-0.1, -0.05) is 19.1 Å². The molecular weight excluding hydrogens is 364 g/mol. The van der Waals surface area contributed by atoms with Gasteiger partial charge in [-0.2, -0.15) is 0 Å². The third-order valence-electron chi connectivity index (χ3n) is 4.04. The van der Waals surface area contributed by atoms with Crippen LogP contribution in [-0.4, -0.2) is 15.9 Å². The van der Waals surface area contributed by atoms with Crippen molar-refractivity contribution in [3.05, 3.63) is 81.8 Å². The number of benzene rings is 2. The van der Waals surface area contributed by atoms with Crippen LogP contribution in [0.25, 0.3) is 0 Å². The molecule has 0 saturated carbocycles. The first-order chi connectivity index (χ1) is 13.5. The lowest BCUT2D eigenvalue weighted by atomic mass is 10.2. The van der Waals surface area contributed by atoms with Gasteiger partial charge in [0.15, 0.2) is 5.76 Å². The molecule has 0 bridgehead atoms. The molecule has 8 heteroatoms. The molecule has 0 spiro atoms. The standard InChI is InChI=1S/C20H18N2O6/c1-2-13-3-6-15(7-4-13)27-12-16-8-10-19(28-16)20(24)21-17-11-14(22(25)26)5-9-18(17)23/h3-11,23H,2,12H2,1H3,(H,21,24). The molecule has 0 atom stereocenters. The number of amides is 1. The fourth-order valence-corrected chi connectivity index (χ4v) is 2.47. The first-order valence-corrected chi connectivity index (χ1v) is 8.55. The lowest BCUT2D eigenvalue weighted by Crippen LogP contribution is -2.11. The lowest BCUT2D eigenvalue weighted by Gasteiger charge is -2.06. The summed E-state index contributed by atoms with van der Waals surface area (Å²) in [4.78, 5) is 22.5. The topological polar surface area (TPSA) is 115 Å². The van der Waals surface area contributed by atoms with Crippen LogP contribution in [0.1, 0.15) is 28.8 Å². The average molecular weight is 382 g/mol. The van der Waals surface area contributed by atoms with Crippen molar-refractivity contribution < 1.29 is 24.0 Å². The van der Waals surface area contributed by atoms with Crippen molar-refractivity contribution in [3.63, 3.8) is 0 Å². The summed E-state index contributed by atoms with van der Waals surface area (Å²) in [6.07, 6.45) is 0.942. The zero-order valence-corrected chi connectivity index (χ0v) is 15.0. The van der Waals surface area contributed by atoms with Crippen molar-refractivity contribution >= 4 is 17.3 Å². The molecule has 0 radical (unpaired) electrons. The maximum absolute atomic E-state index is 12.3. The van der Waals surface area contributed by atoms with Gasteiger partial charge in [0.1, 0.15) is 23.9 Å². The quantitative estimate of drug-likeness (QED) is 0.358. The molecule has 0 unspecified atom stereocenters. The van der Waals surface area contributed by atoms with Crippen molar-refractivity contribution in [3.8, 4) is 11.5 Å². The summed E-state index contributed by atoms with van der Waals surface area (Å²) >= 11 is 0. The summed E-state index contributed by atoms with van der Waals surface area (Å²) < 4.78 is 11.1. The molecule has 2 aromatic carbocycles. The van der Waals surface area contributed by atoms with Gasteiger partial charge in [0.25, 0.3) is 11.6 Å². The van der Waals surface area contributed by atoms with E-state index in [0.717, 1.165) is 24.6 Å². The molecule has 0 aliphatic carbocycles. The van der Waals surface area contributed by atoms with Crippen LogP contribution in [0.4, 0.5) is 11.4 Å². The van der Waals surface area contributed by atoms with E-state index in [1.807, 2.05) is 24.3 Å². The van der Waals surface area contributed by atoms with Crippen molar-refractivity contribution in [2.45, 2.75) is 20.0 Å². The zero-order chi connectivity index (χ0) is 20.1. The number of ether oxygens (including phenoxy) is 1. The number of hydrogen-bond donors (Lipinski definition) is 2. The Kier molecular flexibility index (Phi) is 5.59. The number of carbonyl (C=O) groups excluding carboxylic acids is 1. The van der Waals surface area contributed by atoms with Crippen molar-refractivity contribution in [2.24, 2.45) is 0 Å². The SMILES string of the molecule is CCc1ccc(OCc2ccc(C(=O)Nc3cc([N+](=O)[O-])ccc3O)o2)cc1. The number of furan rings is 1. The molecule has 144 valence electrons. The summed E-state index contributed by atoms with van der Waals surface area (Å²) in [5.41, 5.74) is 0.869. The summed E-state index contributed by atoms with van der Waals surface area (Å²) in [6.45, 7) is 2.21. The first-order valence-electron chi connectivity index (χ1n) is 8.55. The van der Waals surface area contributed by atoms with E-state index in [0.29, 0.717) is 11.5 Å². The molecule has 2 N–H and O–H groups in total. The molecule has 3 rings (SSSR count). The van der Waals surface area contributed by atoms with E-state index in [2.05, 4.69) is 12.2 Å². The highest BCUT2D eigenvalue weighted by Crippen LogP contribution is 2.28. The molecule has 0 aliphatic rings. The molecule has 1 aromatic heterocycles. The van der Waals surface area contributed by atoms with Crippen molar-refractivity contribution in [1.29, 1.82) is 0 Å². The number of phenolic OH excluding ortho intramolecular Hbond substituents is 1. The summed E-state index contributed by atoms with van der Waals surface area (Å²) in [5.74, 6) is 0.180. The number of nitrogens with zero attached hydrogens (tertiary/aromatic N) is 1. The number of phenols is 1. The van der Waals surface area contributed by atoms with Crippen LogP contribution in [0.5, 0.6) is 11.5 Å². The normalized spacial score (nSPS) is 10.5. The minimum Gasteiger partial charge on any atom is -0.506 e. The number of aromatic hydroxyl groups is 1. The number of carbonyl (C=O) groups is 1. The van der Waals surface area contributed by atoms with E-state index in [1.54, 1.807) is 6.07 Å². The van der Waals surface area contributed by atoms with Crippen LogP contribution in [0, 0.1) is 10.1 Å². The van der Waals surface area contributed by atoms with Gasteiger partial charge in [0.05, 0.1) is 10.6 Å². The molecular formula is C20H18N2O6. The lowest BCUT2D eigenvalue weighted by molar-refractivity contribution is -0.384. The molecule has 0 aliphatic heterocycles. The number of rotatable bonds is 7. The van der Waals surface area contributed by atoms with Gasteiger partial charge < -0.3 is 19.6 Å². The van der Waals surface area contributed by atoms with E-state index in [9.17, 15) is 20.0 Å². The number of nitro benzene ring substituents is 1. The van der Waals surface area contributed by atoms with Crippen LogP contribution in [0.2, 0.25) is 0 Å². The first kappa shape index (κ1) is 19.0. The second kappa shape index (κ2) is 8.26. The number of hydrogen-bond acceptors (Lipinski definition) is 6. The molecule has 1 amide bonds. The third-order valence-corrected chi connectivity index (χ3v) is 4.04. The largest absolute Gasteiger partial charge is 0.506 e. The average Bonchev–Trinajstić information content (AvgIpc) is 3.17. The fraction of sp³-hybridized carbons (Fsp3) is 0.150. The van der Waals surface area contributed by atoms with E-state index in [1.165, 1.54) is 11.6 Å². The maximum atomic E-state index is 12.3. The monoisotopic (exact) mass is 382 g/mol. The highest BCUT2D eigenvalue weighted by atomic mass is 16.6. The van der Waals surface area contributed by atoms with Crippen LogP contribution in [0.15, 0.2) is 59.0 Å². The molecule has 0 saturated heterocycles. The second-order valence-electron chi connectivity index (χ2n) is 5.96. The zero-order valence-electron chi connectivity index (χ0n) is 15.0. The van der Waals surface area contributed by atoms with Gasteiger partial charge in [0, 0.05) is 12.1 Å². The van der Waals surface area contributed by atoms with Crippen LogP contribution in [0.3, 0.4) is 0 Å². The van der Waals surface area contributed by atoms with E-state index in [4.69, 9.17) is 9.15 Å². The Bertz CT molecular complexity index is 994. The molecule has 8 nitrogen and oxygen atoms in total. The van der Waals surface area contributed by atoms with Crippen LogP contribution >= 0.6 is 0 Å². The Morgan fingerprint density at radius 1 is 1.18 bits per heavy atom. The smallest absolute Gasteiger partial charge is 0.291 e. The maximum Gasteiger partial charge on any atom is 0.291 e. The Morgan fingerprint density at radius 2 is 1.93 bits per heavy atom. The minimum atomic E-state index is -0.644. The van der Waals surface area contributed by atoms with Gasteiger partial charge in [-0.05, 0) is 42.3 Å². The van der Waals surface area contributed by atoms with E-state index < -0.39 is 10.8 Å². The number of aryl methyl sites for hydroxylation is 1. The summed E-state index contributed by atoms with van der Waals surface area (Å²) in [7, 11) is 0. The Morgan fingerprint density at radius 3 is 2.61 bits per heavy atom. The second-order valence-corrected chi connectivity index (χ2v) is 5.96. The molecule has 28 heavy (non-hydrogen) atoms. The highest BCUT2D eigenvalue weighted by Gasteiger charge is 2.16. The van der Waals surface area contributed by atoms with Crippen molar-refractivity contribution in [1.82, 2.24) is 0 Å². The van der Waals surface area contributed by atoms with Crippen LogP contribution < -0.4 is 10.1 Å². The van der Waals surface area contributed by atoms with E-state index >= 15 is 0 Å². The van der Waals surface area contributed by atoms with Crippen LogP contribution in [-0.2, 0) is 13.0 Å². The Balaban J connectivity index is 1.63. The molecule has 0 fully saturated rings. The third kappa shape index (κ3) is 4.47. The predicted octanol–water partition coefficient (Wildman–Crippen LogP) is 4.29. The van der Waals surface area contributed by atoms with E-state index in [-0.39, 0.29) is 29.5 Å². The van der Waals surface area contributed by atoms with Gasteiger partial charge in [-0.25, -0.2) is 0 Å². The number of anilines is 1. The number of non-ortho nitro benzene ring substituents is 1. The summed E-state index contributed by atoms with van der Waals surface area (Å²) in [6, 6.07) is 14.1. The predicted molar refractivity (Wildman–Crippen MR) is 102 cm³/mol. The summed E-state index contributed by atoms with van der Waals surface area (Å²) in [5, 5.41) is 23.0. The van der Waals surface area contributed by atoms with Gasteiger partial charge in [-0.15, -0.1) is 0 Å². The van der Waals surface area contributed by atoms with Crippen molar-refractivity contribution in [2.75, 3.05) is 5.32 Å².